The normalized spacial score (nSPS) is 15.2. The number of amidine groups is 1. The number of nitrogens with two attached hydrogens (primary N) is 1. The molecule has 1 aliphatic rings. The van der Waals surface area contributed by atoms with Gasteiger partial charge in [-0.15, -0.1) is 11.8 Å². The lowest BCUT2D eigenvalue weighted by Crippen LogP contribution is -2.23. The molecule has 0 aromatic heterocycles. The van der Waals surface area contributed by atoms with E-state index in [2.05, 4.69) is 68.1 Å². The summed E-state index contributed by atoms with van der Waals surface area (Å²) in [5, 5.41) is 2.01. The molecule has 156 valence electrons. The summed E-state index contributed by atoms with van der Waals surface area (Å²) in [7, 11) is 0. The first-order valence-electron chi connectivity index (χ1n) is 8.99. The fourth-order valence-corrected chi connectivity index (χ4v) is 4.30. The van der Waals surface area contributed by atoms with Crippen LogP contribution in [-0.2, 0) is 11.5 Å². The second-order valence-electron chi connectivity index (χ2n) is 6.74. The van der Waals surface area contributed by atoms with Crippen molar-refractivity contribution >= 4 is 33.7 Å². The lowest BCUT2D eigenvalue weighted by Gasteiger charge is -2.16. The predicted octanol–water partition coefficient (Wildman–Crippen LogP) is 5.91. The van der Waals surface area contributed by atoms with E-state index in [-0.39, 0.29) is 5.54 Å². The van der Waals surface area contributed by atoms with Crippen molar-refractivity contribution in [1.29, 1.82) is 0 Å². The van der Waals surface area contributed by atoms with E-state index >= 15 is 0 Å². The van der Waals surface area contributed by atoms with Crippen molar-refractivity contribution in [2.24, 2.45) is 15.7 Å². The Labute approximate surface area is 178 Å². The van der Waals surface area contributed by atoms with Crippen LogP contribution < -0.4 is 5.73 Å². The molecule has 0 amide bonds. The average molecular weight is 440 g/mol. The Balaban J connectivity index is 0.000000438. The van der Waals surface area contributed by atoms with E-state index in [0.29, 0.717) is 0 Å². The Morgan fingerprint density at radius 2 is 1.31 bits per heavy atom. The molecule has 29 heavy (non-hydrogen) atoms. The molecule has 0 radical (unpaired) electrons. The highest BCUT2D eigenvalue weighted by molar-refractivity contribution is 8.15. The van der Waals surface area contributed by atoms with Gasteiger partial charge in [0.1, 0.15) is 10.6 Å². The summed E-state index contributed by atoms with van der Waals surface area (Å²) < 4.78 is 32.0. The van der Waals surface area contributed by atoms with E-state index in [1.807, 2.05) is 12.1 Å². The Morgan fingerprint density at radius 3 is 1.76 bits per heavy atom. The minimum absolute atomic E-state index is 0.210. The van der Waals surface area contributed by atoms with Crippen LogP contribution in [0.2, 0.25) is 0 Å². The summed E-state index contributed by atoms with van der Waals surface area (Å²) in [5.74, 6) is 1.85. The first kappa shape index (κ1) is 23.5. The van der Waals surface area contributed by atoms with Crippen LogP contribution in [0.15, 0.2) is 70.6 Å². The standard InChI is InChI=1S/C19H20N2S2.C2H4F3N/c1-19(2)17(22-13-15-9-5-3-6-10-15)20-18(21-19)23-14-16-11-7-4-8-12-16;3-2(4,5)1-6/h3-12H,13-14H2,1-2H3;1,6H2. The number of aliphatic imine (C=N–C) groups is 2. The van der Waals surface area contributed by atoms with Gasteiger partial charge < -0.3 is 5.73 Å². The van der Waals surface area contributed by atoms with Crippen molar-refractivity contribution in [2.75, 3.05) is 6.54 Å². The molecule has 0 bridgehead atoms. The Morgan fingerprint density at radius 1 is 0.862 bits per heavy atom. The van der Waals surface area contributed by atoms with Crippen LogP contribution in [-0.4, -0.2) is 28.5 Å². The molecular weight excluding hydrogens is 415 g/mol. The van der Waals surface area contributed by atoms with Crippen molar-refractivity contribution in [3.63, 3.8) is 0 Å². The molecule has 1 aliphatic heterocycles. The molecule has 2 N–H and O–H groups in total. The fraction of sp³-hybridized carbons (Fsp3) is 0.333. The lowest BCUT2D eigenvalue weighted by atomic mass is 10.1. The van der Waals surface area contributed by atoms with Gasteiger partial charge in [-0.1, -0.05) is 72.4 Å². The van der Waals surface area contributed by atoms with Gasteiger partial charge in [0.2, 0.25) is 0 Å². The first-order chi connectivity index (χ1) is 13.7. The highest BCUT2D eigenvalue weighted by Crippen LogP contribution is 2.32. The molecule has 0 unspecified atom stereocenters. The SMILES string of the molecule is CC1(C)N=C(SCc2ccccc2)N=C1SCc1ccccc1.NCC(F)(F)F. The van der Waals surface area contributed by atoms with Gasteiger partial charge in [0, 0.05) is 11.5 Å². The van der Waals surface area contributed by atoms with E-state index in [9.17, 15) is 13.2 Å². The molecular formula is C21H24F3N3S2. The third-order valence-corrected chi connectivity index (χ3v) is 6.02. The molecule has 1 heterocycles. The van der Waals surface area contributed by atoms with Crippen LogP contribution in [0, 0.1) is 0 Å². The zero-order valence-corrected chi connectivity index (χ0v) is 17.9. The fourth-order valence-electron chi connectivity index (χ4n) is 2.26. The van der Waals surface area contributed by atoms with Crippen molar-refractivity contribution in [3.05, 3.63) is 71.8 Å². The highest BCUT2D eigenvalue weighted by Gasteiger charge is 2.31. The quantitative estimate of drug-likeness (QED) is 0.645. The molecule has 0 aliphatic carbocycles. The van der Waals surface area contributed by atoms with E-state index in [1.54, 1.807) is 23.5 Å². The van der Waals surface area contributed by atoms with Gasteiger partial charge in [-0.3, -0.25) is 0 Å². The number of halogens is 3. The second kappa shape index (κ2) is 10.8. The van der Waals surface area contributed by atoms with Gasteiger partial charge in [-0.2, -0.15) is 13.2 Å². The van der Waals surface area contributed by atoms with Gasteiger partial charge in [-0.05, 0) is 25.0 Å². The maximum Gasteiger partial charge on any atom is 0.400 e. The lowest BCUT2D eigenvalue weighted by molar-refractivity contribution is -0.118. The summed E-state index contributed by atoms with van der Waals surface area (Å²) >= 11 is 3.51. The highest BCUT2D eigenvalue weighted by atomic mass is 32.2. The van der Waals surface area contributed by atoms with Crippen LogP contribution in [0.3, 0.4) is 0 Å². The Hall–Kier alpha value is -1.77. The van der Waals surface area contributed by atoms with E-state index in [1.165, 1.54) is 11.1 Å². The third kappa shape index (κ3) is 8.64. The predicted molar refractivity (Wildman–Crippen MR) is 120 cm³/mol. The van der Waals surface area contributed by atoms with E-state index in [4.69, 9.17) is 9.98 Å². The number of nitrogens with zero attached hydrogens (tertiary/aromatic N) is 2. The molecule has 8 heteroatoms. The van der Waals surface area contributed by atoms with Gasteiger partial charge in [0.15, 0.2) is 5.17 Å². The number of hydrogen-bond donors (Lipinski definition) is 1. The molecule has 0 fully saturated rings. The number of alkyl halides is 3. The van der Waals surface area contributed by atoms with Crippen LogP contribution in [0.1, 0.15) is 25.0 Å². The van der Waals surface area contributed by atoms with Crippen molar-refractivity contribution in [3.8, 4) is 0 Å². The monoisotopic (exact) mass is 439 g/mol. The maximum atomic E-state index is 10.7. The average Bonchev–Trinajstić information content (AvgIpc) is 3.00. The number of hydrogen-bond acceptors (Lipinski definition) is 5. The molecule has 0 atom stereocenters. The maximum absolute atomic E-state index is 10.7. The minimum atomic E-state index is -4.18. The zero-order valence-electron chi connectivity index (χ0n) is 16.3. The number of benzene rings is 2. The molecule has 2 aromatic rings. The summed E-state index contributed by atoms with van der Waals surface area (Å²) in [5.41, 5.74) is 6.60. The van der Waals surface area contributed by atoms with Crippen LogP contribution in [0.4, 0.5) is 13.2 Å². The summed E-state index contributed by atoms with van der Waals surface area (Å²) in [6, 6.07) is 21.0. The van der Waals surface area contributed by atoms with Crippen LogP contribution in [0.25, 0.3) is 0 Å². The summed E-state index contributed by atoms with van der Waals surface area (Å²) in [6.45, 7) is 3.05. The largest absolute Gasteiger partial charge is 0.400 e. The van der Waals surface area contributed by atoms with Crippen LogP contribution >= 0.6 is 23.5 Å². The van der Waals surface area contributed by atoms with Gasteiger partial charge in [0.05, 0.1) is 6.54 Å². The van der Waals surface area contributed by atoms with Gasteiger partial charge in [0.25, 0.3) is 0 Å². The Kier molecular flexibility index (Phi) is 8.79. The smallest absolute Gasteiger partial charge is 0.323 e. The summed E-state index contributed by atoms with van der Waals surface area (Å²) in [4.78, 5) is 9.55. The van der Waals surface area contributed by atoms with Crippen molar-refractivity contribution < 1.29 is 13.2 Å². The topological polar surface area (TPSA) is 50.7 Å². The molecule has 2 aromatic carbocycles. The molecule has 3 rings (SSSR count). The molecule has 0 saturated carbocycles. The van der Waals surface area contributed by atoms with Gasteiger partial charge >= 0.3 is 6.18 Å². The second-order valence-corrected chi connectivity index (χ2v) is 8.64. The third-order valence-electron chi connectivity index (χ3n) is 3.76. The molecule has 0 saturated heterocycles. The summed E-state index contributed by atoms with van der Waals surface area (Å²) in [6.07, 6.45) is -4.18. The first-order valence-corrected chi connectivity index (χ1v) is 11.0. The molecule has 0 spiro atoms. The zero-order chi connectivity index (χ0) is 21.3. The number of thioether (sulfide) groups is 2. The molecule has 3 nitrogen and oxygen atoms in total. The van der Waals surface area contributed by atoms with Crippen molar-refractivity contribution in [1.82, 2.24) is 0 Å². The number of rotatable bonds is 4. The van der Waals surface area contributed by atoms with Crippen molar-refractivity contribution in [2.45, 2.75) is 37.1 Å². The van der Waals surface area contributed by atoms with Crippen LogP contribution in [0.5, 0.6) is 0 Å². The van der Waals surface area contributed by atoms with E-state index < -0.39 is 12.7 Å². The Bertz CT molecular complexity index is 820. The minimum Gasteiger partial charge on any atom is -0.323 e. The van der Waals surface area contributed by atoms with E-state index in [0.717, 1.165) is 21.7 Å². The van der Waals surface area contributed by atoms with Gasteiger partial charge in [-0.25, -0.2) is 9.98 Å².